The lowest BCUT2D eigenvalue weighted by atomic mass is 10.0. The number of carbonyl (C=O) groups is 1. The van der Waals surface area contributed by atoms with E-state index in [2.05, 4.69) is 10.2 Å². The highest BCUT2D eigenvalue weighted by atomic mass is 19.1. The molecule has 25 heavy (non-hydrogen) atoms. The van der Waals surface area contributed by atoms with Crippen LogP contribution in [0.15, 0.2) is 17.1 Å². The van der Waals surface area contributed by atoms with E-state index < -0.39 is 0 Å². The van der Waals surface area contributed by atoms with Gasteiger partial charge >= 0.3 is 0 Å². The number of fused-ring (bicyclic) bond motifs is 5. The Balaban J connectivity index is 1.88. The zero-order valence-electron chi connectivity index (χ0n) is 13.9. The van der Waals surface area contributed by atoms with Crippen LogP contribution in [0.5, 0.6) is 0 Å². The predicted molar refractivity (Wildman–Crippen MR) is 93.9 cm³/mol. The molecule has 2 aromatic rings. The molecule has 5 nitrogen and oxygen atoms in total. The Hall–Kier alpha value is -2.21. The second-order valence-electron chi connectivity index (χ2n) is 7.37. The summed E-state index contributed by atoms with van der Waals surface area (Å²) in [5, 5.41) is 3.76. The Labute approximate surface area is 144 Å². The second-order valence-corrected chi connectivity index (χ2v) is 7.37. The molecule has 3 aliphatic rings. The summed E-state index contributed by atoms with van der Waals surface area (Å²) >= 11 is 0. The fourth-order valence-electron chi connectivity index (χ4n) is 4.49. The molecule has 0 amide bonds. The van der Waals surface area contributed by atoms with E-state index in [-0.39, 0.29) is 16.8 Å². The maximum atomic E-state index is 15.1. The number of pyridine rings is 1. The van der Waals surface area contributed by atoms with Crippen molar-refractivity contribution in [2.75, 3.05) is 18.0 Å². The summed E-state index contributed by atoms with van der Waals surface area (Å²) < 4.78 is 17.1. The quantitative estimate of drug-likeness (QED) is 0.852. The van der Waals surface area contributed by atoms with Crippen LogP contribution in [-0.4, -0.2) is 30.0 Å². The third-order valence-electron chi connectivity index (χ3n) is 5.78. The first-order valence-electron chi connectivity index (χ1n) is 9.02. The molecule has 1 aromatic heterocycles. The molecule has 0 spiro atoms. The van der Waals surface area contributed by atoms with Crippen LogP contribution >= 0.6 is 0 Å². The molecule has 1 N–H and O–H groups in total. The summed E-state index contributed by atoms with van der Waals surface area (Å²) in [5.41, 5.74) is 2.05. The maximum Gasteiger partial charge on any atom is 0.200 e. The Morgan fingerprint density at radius 3 is 2.84 bits per heavy atom. The Kier molecular flexibility index (Phi) is 3.25. The largest absolute Gasteiger partial charge is 0.365 e. The fraction of sp³-hybridized carbons (Fsp3) is 0.474. The normalized spacial score (nSPS) is 22.6. The molecule has 2 aliphatic heterocycles. The summed E-state index contributed by atoms with van der Waals surface area (Å²) in [5.74, 6) is -0.347. The summed E-state index contributed by atoms with van der Waals surface area (Å²) in [4.78, 5) is 26.1. The highest BCUT2D eigenvalue weighted by Crippen LogP contribution is 2.41. The van der Waals surface area contributed by atoms with Crippen LogP contribution < -0.4 is 15.6 Å². The summed E-state index contributed by atoms with van der Waals surface area (Å²) in [6.07, 6.45) is 6.43. The van der Waals surface area contributed by atoms with Crippen LogP contribution in [0.1, 0.15) is 47.6 Å². The third kappa shape index (κ3) is 2.16. The van der Waals surface area contributed by atoms with Crippen molar-refractivity contribution in [3.63, 3.8) is 0 Å². The van der Waals surface area contributed by atoms with Crippen molar-refractivity contribution in [2.24, 2.45) is 0 Å². The van der Waals surface area contributed by atoms with Crippen molar-refractivity contribution in [1.29, 1.82) is 0 Å². The van der Waals surface area contributed by atoms with E-state index in [0.29, 0.717) is 36.0 Å². The van der Waals surface area contributed by atoms with Crippen LogP contribution in [0.2, 0.25) is 0 Å². The van der Waals surface area contributed by atoms with Crippen LogP contribution in [-0.2, 0) is 6.54 Å². The molecule has 6 heteroatoms. The van der Waals surface area contributed by atoms with Crippen molar-refractivity contribution in [2.45, 2.75) is 44.3 Å². The molecule has 1 aromatic carbocycles. The molecular formula is C19H20FN3O2. The second kappa shape index (κ2) is 5.39. The van der Waals surface area contributed by atoms with Crippen LogP contribution in [0, 0.1) is 5.82 Å². The number of anilines is 1. The summed E-state index contributed by atoms with van der Waals surface area (Å²) in [6.45, 7) is 2.22. The van der Waals surface area contributed by atoms with Gasteiger partial charge in [-0.1, -0.05) is 0 Å². The van der Waals surface area contributed by atoms with E-state index >= 15 is 4.39 Å². The molecule has 130 valence electrons. The van der Waals surface area contributed by atoms with Crippen molar-refractivity contribution < 1.29 is 9.18 Å². The number of benzene rings is 1. The van der Waals surface area contributed by atoms with Gasteiger partial charge in [0.2, 0.25) is 0 Å². The minimum atomic E-state index is -0.370. The van der Waals surface area contributed by atoms with Gasteiger partial charge in [0.05, 0.1) is 16.8 Å². The highest BCUT2D eigenvalue weighted by Gasteiger charge is 2.34. The number of carbonyl (C=O) groups excluding carboxylic acids is 1. The van der Waals surface area contributed by atoms with Crippen molar-refractivity contribution in [1.82, 2.24) is 9.88 Å². The zero-order chi connectivity index (χ0) is 17.1. The standard InChI is InChI=1S/C19H20FN3O2/c20-16-6-14-17(23(12-3-4-12)9-11(10-24)19(14)25)15-8-21-7-13-2-1-5-22(13)18(15)16/h6,9-10,12-13,21H,1-5,7-8H2. The highest BCUT2D eigenvalue weighted by molar-refractivity contribution is 5.92. The van der Waals surface area contributed by atoms with Gasteiger partial charge in [0.25, 0.3) is 0 Å². The molecule has 0 bridgehead atoms. The van der Waals surface area contributed by atoms with E-state index in [0.717, 1.165) is 49.9 Å². The lowest BCUT2D eigenvalue weighted by molar-refractivity contribution is 0.112. The van der Waals surface area contributed by atoms with Crippen molar-refractivity contribution in [3.05, 3.63) is 39.4 Å². The molecule has 1 saturated heterocycles. The number of hydrogen-bond acceptors (Lipinski definition) is 4. The monoisotopic (exact) mass is 341 g/mol. The molecule has 0 radical (unpaired) electrons. The first-order chi connectivity index (χ1) is 12.2. The molecule has 5 rings (SSSR count). The topological polar surface area (TPSA) is 54.3 Å². The predicted octanol–water partition coefficient (Wildman–Crippen LogP) is 2.36. The molecule has 2 fully saturated rings. The van der Waals surface area contributed by atoms with Crippen LogP contribution in [0.25, 0.3) is 10.9 Å². The first-order valence-corrected chi connectivity index (χ1v) is 9.02. The SMILES string of the molecule is O=Cc1cn(C2CC2)c2c3c(c(F)cc2c1=O)N1CCCC1CNC3. The van der Waals surface area contributed by atoms with Gasteiger partial charge in [-0.15, -0.1) is 0 Å². The Morgan fingerprint density at radius 1 is 1.24 bits per heavy atom. The van der Waals surface area contributed by atoms with Crippen molar-refractivity contribution in [3.8, 4) is 0 Å². The zero-order valence-corrected chi connectivity index (χ0v) is 13.9. The van der Waals surface area contributed by atoms with Gasteiger partial charge in [-0.2, -0.15) is 0 Å². The summed E-state index contributed by atoms with van der Waals surface area (Å²) in [6, 6.07) is 1.96. The molecule has 1 saturated carbocycles. The number of halogens is 1. The van der Waals surface area contributed by atoms with Gasteiger partial charge in [-0.25, -0.2) is 4.39 Å². The number of nitrogens with one attached hydrogen (secondary N) is 1. The number of nitrogens with zero attached hydrogens (tertiary/aromatic N) is 2. The fourth-order valence-corrected chi connectivity index (χ4v) is 4.49. The molecule has 3 heterocycles. The van der Waals surface area contributed by atoms with Gasteiger partial charge in [-0.3, -0.25) is 9.59 Å². The Bertz CT molecular complexity index is 948. The number of aldehydes is 1. The number of aromatic nitrogens is 1. The van der Waals surface area contributed by atoms with Crippen LogP contribution in [0.4, 0.5) is 10.1 Å². The molecular weight excluding hydrogens is 321 g/mol. The summed E-state index contributed by atoms with van der Waals surface area (Å²) in [7, 11) is 0. The smallest absolute Gasteiger partial charge is 0.200 e. The third-order valence-corrected chi connectivity index (χ3v) is 5.78. The molecule has 1 aliphatic carbocycles. The first kappa shape index (κ1) is 15.1. The lowest BCUT2D eigenvalue weighted by Crippen LogP contribution is -2.35. The Morgan fingerprint density at radius 2 is 2.08 bits per heavy atom. The average Bonchev–Trinajstić information content (AvgIpc) is 3.38. The maximum absolute atomic E-state index is 15.1. The van der Waals surface area contributed by atoms with E-state index in [1.807, 2.05) is 4.57 Å². The minimum absolute atomic E-state index is 0.111. The van der Waals surface area contributed by atoms with Gasteiger partial charge in [0.1, 0.15) is 5.82 Å². The van der Waals surface area contributed by atoms with E-state index in [9.17, 15) is 9.59 Å². The van der Waals surface area contributed by atoms with Gasteiger partial charge in [-0.05, 0) is 31.7 Å². The number of hydrogen-bond donors (Lipinski definition) is 1. The van der Waals surface area contributed by atoms with Gasteiger partial charge in [0, 0.05) is 48.9 Å². The van der Waals surface area contributed by atoms with Crippen molar-refractivity contribution >= 4 is 22.9 Å². The number of rotatable bonds is 2. The molecule has 1 unspecified atom stereocenters. The molecule has 1 atom stereocenters. The van der Waals surface area contributed by atoms with E-state index in [1.54, 1.807) is 6.20 Å². The van der Waals surface area contributed by atoms with Gasteiger partial charge in [0.15, 0.2) is 11.7 Å². The van der Waals surface area contributed by atoms with E-state index in [4.69, 9.17) is 0 Å². The van der Waals surface area contributed by atoms with Gasteiger partial charge < -0.3 is 14.8 Å². The van der Waals surface area contributed by atoms with E-state index in [1.165, 1.54) is 6.07 Å². The van der Waals surface area contributed by atoms with Crippen LogP contribution in [0.3, 0.4) is 0 Å². The lowest BCUT2D eigenvalue weighted by Gasteiger charge is -2.27. The average molecular weight is 341 g/mol. The minimum Gasteiger partial charge on any atom is -0.365 e.